The highest BCUT2D eigenvalue weighted by Gasteiger charge is 2.27. The van der Waals surface area contributed by atoms with E-state index < -0.39 is 5.97 Å². The third kappa shape index (κ3) is 3.47. The molecule has 1 aliphatic rings. The molecule has 1 saturated heterocycles. The summed E-state index contributed by atoms with van der Waals surface area (Å²) in [7, 11) is 1.48. The van der Waals surface area contributed by atoms with Crippen molar-refractivity contribution in [1.82, 2.24) is 4.90 Å². The fourth-order valence-electron chi connectivity index (χ4n) is 2.40. The first-order chi connectivity index (χ1) is 10.5. The smallest absolute Gasteiger partial charge is 0.321 e. The second-order valence-electron chi connectivity index (χ2n) is 5.06. The molecule has 1 fully saturated rings. The number of anilines is 1. The Bertz CT molecular complexity index is 616. The van der Waals surface area contributed by atoms with Gasteiger partial charge < -0.3 is 20.1 Å². The van der Waals surface area contributed by atoms with Crippen LogP contribution in [0.5, 0.6) is 5.75 Å². The maximum atomic E-state index is 12.2. The van der Waals surface area contributed by atoms with E-state index in [0.29, 0.717) is 42.9 Å². The third-order valence-electron chi connectivity index (χ3n) is 3.70. The molecular formula is C15H17N3O4. The molecule has 2 rings (SSSR count). The monoisotopic (exact) mass is 303 g/mol. The van der Waals surface area contributed by atoms with Crippen molar-refractivity contribution in [3.63, 3.8) is 0 Å². The number of hydrogen-bond donors (Lipinski definition) is 2. The molecule has 1 aromatic carbocycles. The summed E-state index contributed by atoms with van der Waals surface area (Å²) in [6.45, 7) is 0.784. The number of aliphatic carboxylic acids is 1. The lowest BCUT2D eigenvalue weighted by atomic mass is 9.97. The molecule has 0 atom stereocenters. The summed E-state index contributed by atoms with van der Waals surface area (Å²) in [5, 5.41) is 20.6. The predicted molar refractivity (Wildman–Crippen MR) is 78.7 cm³/mol. The highest BCUT2D eigenvalue weighted by atomic mass is 16.5. The molecule has 1 aromatic rings. The number of carbonyl (C=O) groups excluding carboxylic acids is 1. The molecule has 0 radical (unpaired) electrons. The molecule has 7 heteroatoms. The van der Waals surface area contributed by atoms with Gasteiger partial charge in [-0.3, -0.25) is 4.79 Å². The summed E-state index contributed by atoms with van der Waals surface area (Å²) in [6, 6.07) is 6.44. The summed E-state index contributed by atoms with van der Waals surface area (Å²) in [5.41, 5.74) is 0.840. The van der Waals surface area contributed by atoms with E-state index in [9.17, 15) is 9.59 Å². The van der Waals surface area contributed by atoms with Crippen molar-refractivity contribution in [1.29, 1.82) is 5.26 Å². The van der Waals surface area contributed by atoms with Gasteiger partial charge in [-0.2, -0.15) is 5.26 Å². The van der Waals surface area contributed by atoms with Gasteiger partial charge in [0, 0.05) is 13.1 Å². The minimum atomic E-state index is -0.816. The van der Waals surface area contributed by atoms with Gasteiger partial charge >= 0.3 is 12.0 Å². The standard InChI is InChI=1S/C15H17N3O4/c1-22-13-3-2-10(9-16)8-12(13)17-15(21)18-6-4-11(5-7-18)14(19)20/h2-3,8,11H,4-7H2,1H3,(H,17,21)(H,19,20). The van der Waals surface area contributed by atoms with Crippen molar-refractivity contribution in [3.05, 3.63) is 23.8 Å². The molecule has 22 heavy (non-hydrogen) atoms. The number of amides is 2. The van der Waals surface area contributed by atoms with E-state index in [2.05, 4.69) is 5.32 Å². The van der Waals surface area contributed by atoms with E-state index in [1.807, 2.05) is 6.07 Å². The van der Waals surface area contributed by atoms with Crippen LogP contribution in [0.4, 0.5) is 10.5 Å². The van der Waals surface area contributed by atoms with Crippen molar-refractivity contribution in [3.8, 4) is 11.8 Å². The van der Waals surface area contributed by atoms with Gasteiger partial charge in [0.15, 0.2) is 0 Å². The van der Waals surface area contributed by atoms with E-state index in [0.717, 1.165) is 0 Å². The Hall–Kier alpha value is -2.75. The van der Waals surface area contributed by atoms with Gasteiger partial charge in [-0.05, 0) is 31.0 Å². The maximum Gasteiger partial charge on any atom is 0.321 e. The number of benzene rings is 1. The number of carboxylic acids is 1. The number of rotatable bonds is 3. The summed E-state index contributed by atoms with van der Waals surface area (Å²) in [6.07, 6.45) is 0.885. The Morgan fingerprint density at radius 2 is 2.09 bits per heavy atom. The molecule has 0 spiro atoms. The highest BCUT2D eigenvalue weighted by Crippen LogP contribution is 2.26. The summed E-state index contributed by atoms with van der Waals surface area (Å²) >= 11 is 0. The van der Waals surface area contributed by atoms with E-state index >= 15 is 0 Å². The fourth-order valence-corrected chi connectivity index (χ4v) is 2.40. The van der Waals surface area contributed by atoms with Gasteiger partial charge in [0.2, 0.25) is 0 Å². The lowest BCUT2D eigenvalue weighted by Crippen LogP contribution is -2.42. The Labute approximate surface area is 128 Å². The van der Waals surface area contributed by atoms with E-state index in [-0.39, 0.29) is 11.9 Å². The molecule has 0 saturated carbocycles. The van der Waals surface area contributed by atoms with Gasteiger partial charge in [0.05, 0.1) is 30.3 Å². The number of likely N-dealkylation sites (tertiary alicyclic amines) is 1. The molecule has 7 nitrogen and oxygen atoms in total. The largest absolute Gasteiger partial charge is 0.495 e. The van der Waals surface area contributed by atoms with Crippen LogP contribution >= 0.6 is 0 Å². The maximum absolute atomic E-state index is 12.2. The molecule has 2 amide bonds. The van der Waals surface area contributed by atoms with Crippen LogP contribution < -0.4 is 10.1 Å². The molecule has 0 unspecified atom stereocenters. The van der Waals surface area contributed by atoms with Crippen LogP contribution in [-0.2, 0) is 4.79 Å². The molecular weight excluding hydrogens is 286 g/mol. The van der Waals surface area contributed by atoms with Crippen LogP contribution in [0.1, 0.15) is 18.4 Å². The molecule has 116 valence electrons. The Kier molecular flexibility index (Phi) is 4.84. The van der Waals surface area contributed by atoms with Crippen molar-refractivity contribution < 1.29 is 19.4 Å². The molecule has 1 aliphatic heterocycles. The van der Waals surface area contributed by atoms with Gasteiger partial charge in [0.1, 0.15) is 5.75 Å². The lowest BCUT2D eigenvalue weighted by Gasteiger charge is -2.30. The zero-order valence-electron chi connectivity index (χ0n) is 12.2. The Balaban J connectivity index is 2.04. The van der Waals surface area contributed by atoms with E-state index in [1.165, 1.54) is 7.11 Å². The summed E-state index contributed by atoms with van der Waals surface area (Å²) in [5.74, 6) is -0.739. The number of nitrogens with one attached hydrogen (secondary N) is 1. The quantitative estimate of drug-likeness (QED) is 0.887. The zero-order valence-corrected chi connectivity index (χ0v) is 12.2. The van der Waals surface area contributed by atoms with Gasteiger partial charge in [-0.25, -0.2) is 4.79 Å². The van der Waals surface area contributed by atoms with Crippen molar-refractivity contribution in [2.45, 2.75) is 12.8 Å². The molecule has 0 aliphatic carbocycles. The Morgan fingerprint density at radius 3 is 2.64 bits per heavy atom. The number of ether oxygens (including phenoxy) is 1. The van der Waals surface area contributed by atoms with Gasteiger partial charge in [-0.1, -0.05) is 0 Å². The van der Waals surface area contributed by atoms with E-state index in [1.54, 1.807) is 23.1 Å². The number of hydrogen-bond acceptors (Lipinski definition) is 4. The number of nitrogens with zero attached hydrogens (tertiary/aromatic N) is 2. The topological polar surface area (TPSA) is 103 Å². The van der Waals surface area contributed by atoms with Crippen LogP contribution in [0.25, 0.3) is 0 Å². The van der Waals surface area contributed by atoms with Crippen LogP contribution in [0, 0.1) is 17.2 Å². The average Bonchev–Trinajstić information content (AvgIpc) is 2.54. The van der Waals surface area contributed by atoms with E-state index in [4.69, 9.17) is 15.1 Å². The second kappa shape index (κ2) is 6.80. The number of carbonyl (C=O) groups is 2. The first kappa shape index (κ1) is 15.6. The van der Waals surface area contributed by atoms with Crippen molar-refractivity contribution >= 4 is 17.7 Å². The minimum absolute atomic E-state index is 0.322. The van der Waals surface area contributed by atoms with Gasteiger partial charge in [-0.15, -0.1) is 0 Å². The summed E-state index contributed by atoms with van der Waals surface area (Å²) < 4.78 is 5.16. The van der Waals surface area contributed by atoms with Crippen LogP contribution in [0.2, 0.25) is 0 Å². The third-order valence-corrected chi connectivity index (χ3v) is 3.70. The van der Waals surface area contributed by atoms with Crippen LogP contribution in [-0.4, -0.2) is 42.2 Å². The molecule has 2 N–H and O–H groups in total. The first-order valence-corrected chi connectivity index (χ1v) is 6.92. The minimum Gasteiger partial charge on any atom is -0.495 e. The highest BCUT2D eigenvalue weighted by molar-refractivity contribution is 5.91. The fraction of sp³-hybridized carbons (Fsp3) is 0.400. The molecule has 0 bridgehead atoms. The number of nitriles is 1. The van der Waals surface area contributed by atoms with Gasteiger partial charge in [0.25, 0.3) is 0 Å². The Morgan fingerprint density at radius 1 is 1.41 bits per heavy atom. The van der Waals surface area contributed by atoms with Crippen molar-refractivity contribution in [2.75, 3.05) is 25.5 Å². The van der Waals surface area contributed by atoms with Crippen LogP contribution in [0.3, 0.4) is 0 Å². The second-order valence-corrected chi connectivity index (χ2v) is 5.06. The molecule has 0 aromatic heterocycles. The normalized spacial score (nSPS) is 15.0. The van der Waals surface area contributed by atoms with Crippen LogP contribution in [0.15, 0.2) is 18.2 Å². The zero-order chi connectivity index (χ0) is 16.1. The number of piperidine rings is 1. The SMILES string of the molecule is COc1ccc(C#N)cc1NC(=O)N1CCC(C(=O)O)CC1. The summed E-state index contributed by atoms with van der Waals surface area (Å²) in [4.78, 5) is 24.7. The lowest BCUT2D eigenvalue weighted by molar-refractivity contribution is -0.143. The van der Waals surface area contributed by atoms with Crippen molar-refractivity contribution in [2.24, 2.45) is 5.92 Å². The number of carboxylic acid groups (broad SMARTS) is 1. The average molecular weight is 303 g/mol. The molecule has 1 heterocycles. The predicted octanol–water partition coefficient (Wildman–Crippen LogP) is 1.90. The number of methoxy groups -OCH3 is 1. The number of urea groups is 1. The first-order valence-electron chi connectivity index (χ1n) is 6.92.